The Kier molecular flexibility index (Phi) is 12.9. The number of benzene rings is 5. The number of hydrogen-bond donors (Lipinski definition) is 11. The number of nitrogens with two attached hydrogens (primary N) is 4. The molecule has 0 spiro atoms. The minimum atomic E-state index is -1.83. The number of halogens is 2. The fourth-order valence-corrected chi connectivity index (χ4v) is 10.6. The summed E-state index contributed by atoms with van der Waals surface area (Å²) in [5.41, 5.74) is 17.1. The predicted octanol–water partition coefficient (Wildman–Crippen LogP) is 5.70. The third-order valence-corrected chi connectivity index (χ3v) is 15.5. The van der Waals surface area contributed by atoms with Gasteiger partial charge in [0.05, 0.1) is 40.1 Å². The van der Waals surface area contributed by atoms with Gasteiger partial charge in [0.2, 0.25) is 41.2 Å². The monoisotopic (exact) mass is 1080 g/mol. The summed E-state index contributed by atoms with van der Waals surface area (Å²) in [5.74, 6) is -7.85. The summed E-state index contributed by atoms with van der Waals surface area (Å²) in [6.07, 6.45) is 2.71. The van der Waals surface area contributed by atoms with Crippen LogP contribution in [0, 0.1) is 5.41 Å². The molecule has 6 amide bonds. The second-order valence-corrected chi connectivity index (χ2v) is 20.9. The van der Waals surface area contributed by atoms with Crippen molar-refractivity contribution in [1.82, 2.24) is 10.6 Å². The highest BCUT2D eigenvalue weighted by Gasteiger charge is 2.70. The van der Waals surface area contributed by atoms with Gasteiger partial charge in [-0.15, -0.1) is 0 Å². The molecule has 394 valence electrons. The van der Waals surface area contributed by atoms with Gasteiger partial charge in [0.15, 0.2) is 17.3 Å². The van der Waals surface area contributed by atoms with Crippen molar-refractivity contribution in [1.29, 1.82) is 0 Å². The molecule has 5 aromatic carbocycles. The maximum absolute atomic E-state index is 13.9. The number of aromatic hydroxyl groups is 4. The minimum Gasteiger partial charge on any atom is -0.509 e. The third kappa shape index (κ3) is 9.38. The van der Waals surface area contributed by atoms with Gasteiger partial charge >= 0.3 is 0 Å². The van der Waals surface area contributed by atoms with E-state index in [1.165, 1.54) is 61.5 Å². The molecule has 2 atom stereocenters. The zero-order chi connectivity index (χ0) is 55.0. The van der Waals surface area contributed by atoms with E-state index < -0.39 is 104 Å². The van der Waals surface area contributed by atoms with Gasteiger partial charge in [-0.1, -0.05) is 35.3 Å². The SMILES string of the molecule is CC(CC(N)=O)(NC(=O)C1(C2(c3ccc(Oc4cc(C5(C(N)=O)CC5)cc(Oc5ccc(C(=O)CC(=O)NC6(c7cc(O)cc(O)c7-c7cc(CC(N)=O)ccc7O)C=C6O)cc5Cl)c4O)c(Cl)c3)CC2)CC1)C(N)=O. The minimum absolute atomic E-state index is 0.0199. The van der Waals surface area contributed by atoms with E-state index in [2.05, 4.69) is 10.6 Å². The van der Waals surface area contributed by atoms with Crippen molar-refractivity contribution in [2.75, 3.05) is 0 Å². The summed E-state index contributed by atoms with van der Waals surface area (Å²) in [6.45, 7) is 1.35. The molecule has 2 unspecified atom stereocenters. The number of phenolic OH excluding ortho intramolecular Hbond substituents is 4. The highest BCUT2D eigenvalue weighted by Crippen LogP contribution is 2.71. The molecule has 0 heterocycles. The number of hydrogen-bond acceptors (Lipinski definition) is 14. The van der Waals surface area contributed by atoms with E-state index in [1.807, 2.05) is 0 Å². The summed E-state index contributed by atoms with van der Waals surface area (Å²) in [6, 6.07) is 17.8. The van der Waals surface area contributed by atoms with E-state index in [9.17, 15) is 59.1 Å². The number of carbonyl (C=O) groups excluding carboxylic acids is 7. The summed E-state index contributed by atoms with van der Waals surface area (Å²) >= 11 is 13.5. The van der Waals surface area contributed by atoms with Crippen LogP contribution in [0.3, 0.4) is 0 Å². The molecular weight excluding hydrogens is 1030 g/mol. The van der Waals surface area contributed by atoms with Crippen molar-refractivity contribution in [2.24, 2.45) is 28.3 Å². The van der Waals surface area contributed by atoms with Crippen LogP contribution in [-0.2, 0) is 51.6 Å². The lowest BCUT2D eigenvalue weighted by Crippen LogP contribution is -2.59. The van der Waals surface area contributed by atoms with Crippen molar-refractivity contribution < 1.29 is 68.6 Å². The Labute approximate surface area is 442 Å². The lowest BCUT2D eigenvalue weighted by atomic mass is 9.78. The normalized spacial score (nSPS) is 18.6. The van der Waals surface area contributed by atoms with Gasteiger partial charge in [0, 0.05) is 33.7 Å². The molecule has 0 aliphatic heterocycles. The Hall–Kier alpha value is -8.49. The van der Waals surface area contributed by atoms with Crippen LogP contribution in [0.4, 0.5) is 0 Å². The number of ketones is 1. The summed E-state index contributed by atoms with van der Waals surface area (Å²) in [4.78, 5) is 89.6. The number of Topliss-reactive ketones (excluding diaryl/α,β-unsaturated/α-hetero) is 1. The Morgan fingerprint density at radius 3 is 1.82 bits per heavy atom. The number of phenols is 4. The number of primary amides is 4. The first kappa shape index (κ1) is 52.4. The van der Waals surface area contributed by atoms with Crippen LogP contribution in [0.15, 0.2) is 90.7 Å². The van der Waals surface area contributed by atoms with Crippen LogP contribution in [0.1, 0.15) is 90.9 Å². The number of aliphatic hydroxyl groups is 1. The fraction of sp³-hybridized carbons (Fsp3) is 0.278. The maximum Gasteiger partial charge on any atom is 0.243 e. The predicted molar refractivity (Wildman–Crippen MR) is 273 cm³/mol. The number of amides is 6. The molecule has 22 heteroatoms. The molecule has 0 bridgehead atoms. The molecule has 5 aromatic rings. The van der Waals surface area contributed by atoms with Crippen LogP contribution in [0.5, 0.6) is 46.0 Å². The quantitative estimate of drug-likeness (QED) is 0.0310. The lowest BCUT2D eigenvalue weighted by molar-refractivity contribution is -0.136. The van der Waals surface area contributed by atoms with E-state index >= 15 is 0 Å². The Bertz CT molecular complexity index is 3420. The Morgan fingerprint density at radius 2 is 1.30 bits per heavy atom. The van der Waals surface area contributed by atoms with E-state index in [-0.39, 0.29) is 67.5 Å². The van der Waals surface area contributed by atoms with Crippen LogP contribution in [0.25, 0.3) is 11.1 Å². The Balaban J connectivity index is 0.929. The standard InChI is InChI=1S/C54H50Cl2N6O14/c1-50(47(59)72,24-43(58)69)62-49(74)53(12-13-53)52(10-11-52)27-4-7-38(33(56)17-27)76-40-19-28(51(8-9-51)48(60)73)18-39(46(40)71)75-37-6-3-26(16-32(37)55)35(65)22-44(70)61-54(23-41(54)67)31-20-29(63)21-36(66)45(31)30-14-25(15-42(57)68)2-5-34(30)64/h2-7,14,16-21,23,63-64,66-67,71H,8-13,15,22,24H2,1H3,(H2,57,68)(H2,58,69)(H2,59,72)(H2,60,73)(H,61,70)(H,62,74). The number of rotatable bonds is 21. The first-order valence-electron chi connectivity index (χ1n) is 23.7. The van der Waals surface area contributed by atoms with Crippen LogP contribution < -0.4 is 43.0 Å². The summed E-state index contributed by atoms with van der Waals surface area (Å²) < 4.78 is 12.3. The molecule has 76 heavy (non-hydrogen) atoms. The van der Waals surface area contributed by atoms with Gasteiger partial charge in [0.25, 0.3) is 0 Å². The third-order valence-electron chi connectivity index (χ3n) is 14.9. The zero-order valence-electron chi connectivity index (χ0n) is 40.4. The Morgan fingerprint density at radius 1 is 0.684 bits per heavy atom. The first-order chi connectivity index (χ1) is 35.8. The number of carbonyl (C=O) groups is 7. The first-order valence-corrected chi connectivity index (χ1v) is 24.5. The highest BCUT2D eigenvalue weighted by molar-refractivity contribution is 6.32. The summed E-state index contributed by atoms with van der Waals surface area (Å²) in [7, 11) is 0. The number of ether oxygens (including phenoxy) is 2. The summed E-state index contributed by atoms with van der Waals surface area (Å²) in [5, 5.41) is 60.1. The van der Waals surface area contributed by atoms with Crippen molar-refractivity contribution in [3.05, 3.63) is 129 Å². The second kappa shape index (κ2) is 18.7. The molecule has 15 N–H and O–H groups in total. The molecule has 3 saturated carbocycles. The van der Waals surface area contributed by atoms with E-state index in [0.717, 1.165) is 12.1 Å². The van der Waals surface area contributed by atoms with Crippen LogP contribution >= 0.6 is 23.2 Å². The molecule has 4 aliphatic carbocycles. The van der Waals surface area contributed by atoms with E-state index in [4.69, 9.17) is 55.6 Å². The maximum atomic E-state index is 13.9. The molecule has 9 rings (SSSR count). The van der Waals surface area contributed by atoms with Gasteiger partial charge in [0.1, 0.15) is 45.6 Å². The molecule has 0 radical (unpaired) electrons. The smallest absolute Gasteiger partial charge is 0.243 e. The van der Waals surface area contributed by atoms with Gasteiger partial charge in [-0.3, -0.25) is 33.6 Å². The van der Waals surface area contributed by atoms with Crippen molar-refractivity contribution in [2.45, 2.75) is 86.6 Å². The van der Waals surface area contributed by atoms with Gasteiger partial charge < -0.3 is 68.6 Å². The van der Waals surface area contributed by atoms with Crippen molar-refractivity contribution >= 4 is 64.4 Å². The zero-order valence-corrected chi connectivity index (χ0v) is 41.9. The van der Waals surface area contributed by atoms with Gasteiger partial charge in [-0.05, 0) is 129 Å². The number of nitrogens with one attached hydrogen (secondary N) is 2. The molecular formula is C54H50Cl2N6O14. The highest BCUT2D eigenvalue weighted by atomic mass is 35.5. The molecule has 20 nitrogen and oxygen atoms in total. The second-order valence-electron chi connectivity index (χ2n) is 20.1. The van der Waals surface area contributed by atoms with Crippen molar-refractivity contribution in [3.8, 4) is 57.1 Å². The molecule has 0 saturated heterocycles. The van der Waals surface area contributed by atoms with Crippen molar-refractivity contribution in [3.63, 3.8) is 0 Å². The number of aliphatic hydroxyl groups excluding tert-OH is 1. The average Bonchev–Trinajstić information content (AvgIpc) is 4.13. The van der Waals surface area contributed by atoms with E-state index in [0.29, 0.717) is 55.2 Å². The van der Waals surface area contributed by atoms with Crippen LogP contribution in [0.2, 0.25) is 10.0 Å². The topological polar surface area (TPSA) is 367 Å². The molecule has 4 aliphatic rings. The average molecular weight is 1080 g/mol. The van der Waals surface area contributed by atoms with Crippen LogP contribution in [-0.4, -0.2) is 72.3 Å². The van der Waals surface area contributed by atoms with E-state index in [1.54, 1.807) is 18.2 Å². The van der Waals surface area contributed by atoms with Gasteiger partial charge in [-0.2, -0.15) is 0 Å². The molecule has 0 aromatic heterocycles. The molecule has 3 fully saturated rings. The van der Waals surface area contributed by atoms with Gasteiger partial charge in [-0.25, -0.2) is 0 Å². The fourth-order valence-electron chi connectivity index (χ4n) is 10.2. The lowest BCUT2D eigenvalue weighted by Gasteiger charge is -2.32. The largest absolute Gasteiger partial charge is 0.509 e.